The third-order valence-electron chi connectivity index (χ3n) is 5.92. The molecule has 2 aliphatic heterocycles. The van der Waals surface area contributed by atoms with Gasteiger partial charge in [-0.05, 0) is 43.0 Å². The number of hydrogen-bond donors (Lipinski definition) is 2. The lowest BCUT2D eigenvalue weighted by Crippen LogP contribution is -2.33. The molecular weight excluding hydrogens is 467 g/mol. The van der Waals surface area contributed by atoms with E-state index < -0.39 is 6.10 Å². The molecule has 5 rings (SSSR count). The average Bonchev–Trinajstić information content (AvgIpc) is 3.48. The fourth-order valence-corrected chi connectivity index (χ4v) is 4.98. The molecule has 2 fully saturated rings. The van der Waals surface area contributed by atoms with Gasteiger partial charge in [-0.25, -0.2) is 18.7 Å². The zero-order valence-corrected chi connectivity index (χ0v) is 18.3. The number of likely N-dealkylation sites (tertiary alicyclic amines) is 1. The van der Waals surface area contributed by atoms with Gasteiger partial charge < -0.3 is 20.2 Å². The van der Waals surface area contributed by atoms with Crippen molar-refractivity contribution in [3.63, 3.8) is 0 Å². The van der Waals surface area contributed by atoms with E-state index in [0.29, 0.717) is 30.8 Å². The van der Waals surface area contributed by atoms with Crippen molar-refractivity contribution in [2.75, 3.05) is 29.9 Å². The van der Waals surface area contributed by atoms with Crippen LogP contribution in [0.1, 0.15) is 30.9 Å². The Morgan fingerprint density at radius 1 is 1.26 bits per heavy atom. The summed E-state index contributed by atoms with van der Waals surface area (Å²) in [7, 11) is 0. The molecule has 1 aromatic carbocycles. The van der Waals surface area contributed by atoms with Gasteiger partial charge in [-0.1, -0.05) is 22.0 Å². The molecule has 2 aromatic heterocycles. The lowest BCUT2D eigenvalue weighted by molar-refractivity contribution is 0.176. The van der Waals surface area contributed by atoms with Gasteiger partial charge in [-0.3, -0.25) is 0 Å². The number of rotatable bonds is 3. The summed E-state index contributed by atoms with van der Waals surface area (Å²) in [6.07, 6.45) is 5.45. The number of hydrogen-bond acceptors (Lipinski definition) is 5. The molecule has 0 radical (unpaired) electrons. The number of nitrogens with one attached hydrogen (secondary N) is 1. The summed E-state index contributed by atoms with van der Waals surface area (Å²) >= 11 is 3.49. The highest BCUT2D eigenvalue weighted by Gasteiger charge is 2.29. The van der Waals surface area contributed by atoms with Gasteiger partial charge in [0.25, 0.3) is 0 Å². The van der Waals surface area contributed by atoms with Crippen LogP contribution in [0, 0.1) is 5.82 Å². The van der Waals surface area contributed by atoms with Crippen molar-refractivity contribution < 1.29 is 14.3 Å². The highest BCUT2D eigenvalue weighted by molar-refractivity contribution is 9.10. The number of aliphatic hydroxyl groups excluding tert-OH is 1. The molecule has 2 aliphatic rings. The Morgan fingerprint density at radius 3 is 2.90 bits per heavy atom. The standard InChI is InChI=1S/C21H22BrFN6O2/c22-16-10-13(23)3-4-15(16)18-2-1-7-28(18)19-6-9-29-20(26-19)17(11-24-29)25-21(31)27-8-5-14(30)12-27/h3-4,6,9-11,14,18,30H,1-2,5,7-8,12H2,(H,25,31)/t14-,18?/m0/s1. The molecule has 2 atom stereocenters. The maximum Gasteiger partial charge on any atom is 0.322 e. The minimum absolute atomic E-state index is 0.0805. The van der Waals surface area contributed by atoms with Crippen molar-refractivity contribution in [3.8, 4) is 0 Å². The van der Waals surface area contributed by atoms with Gasteiger partial charge in [0, 0.05) is 30.3 Å². The molecule has 0 spiro atoms. The first-order valence-electron chi connectivity index (χ1n) is 10.3. The summed E-state index contributed by atoms with van der Waals surface area (Å²) in [5, 5.41) is 16.8. The smallest absolute Gasteiger partial charge is 0.322 e. The minimum Gasteiger partial charge on any atom is -0.391 e. The fraction of sp³-hybridized carbons (Fsp3) is 0.381. The highest BCUT2D eigenvalue weighted by atomic mass is 79.9. The van der Waals surface area contributed by atoms with Crippen molar-refractivity contribution in [3.05, 3.63) is 52.5 Å². The molecule has 31 heavy (non-hydrogen) atoms. The van der Waals surface area contributed by atoms with Crippen LogP contribution < -0.4 is 10.2 Å². The number of anilines is 2. The quantitative estimate of drug-likeness (QED) is 0.588. The summed E-state index contributed by atoms with van der Waals surface area (Å²) in [6.45, 7) is 1.68. The number of fused-ring (bicyclic) bond motifs is 1. The Morgan fingerprint density at radius 2 is 2.13 bits per heavy atom. The summed E-state index contributed by atoms with van der Waals surface area (Å²) in [5.41, 5.74) is 2.09. The molecule has 0 saturated carbocycles. The van der Waals surface area contributed by atoms with Crippen LogP contribution in [-0.2, 0) is 0 Å². The van der Waals surface area contributed by atoms with Crippen LogP contribution in [-0.4, -0.2) is 56.4 Å². The maximum absolute atomic E-state index is 13.6. The first-order chi connectivity index (χ1) is 15.0. The maximum atomic E-state index is 13.6. The number of benzene rings is 1. The third kappa shape index (κ3) is 3.85. The zero-order chi connectivity index (χ0) is 21.5. The minimum atomic E-state index is -0.475. The molecule has 8 nitrogen and oxygen atoms in total. The Balaban J connectivity index is 1.42. The van der Waals surface area contributed by atoms with Crippen molar-refractivity contribution in [1.29, 1.82) is 0 Å². The summed E-state index contributed by atoms with van der Waals surface area (Å²) in [5.74, 6) is 0.503. The molecule has 1 unspecified atom stereocenters. The molecule has 3 aromatic rings. The number of aliphatic hydroxyl groups is 1. The van der Waals surface area contributed by atoms with Crippen LogP contribution >= 0.6 is 15.9 Å². The number of aromatic nitrogens is 3. The third-order valence-corrected chi connectivity index (χ3v) is 6.60. The number of carbonyl (C=O) groups excluding carboxylic acids is 1. The van der Waals surface area contributed by atoms with Crippen LogP contribution in [0.4, 0.5) is 20.7 Å². The van der Waals surface area contributed by atoms with E-state index in [-0.39, 0.29) is 17.9 Å². The molecule has 2 saturated heterocycles. The zero-order valence-electron chi connectivity index (χ0n) is 16.7. The second-order valence-corrected chi connectivity index (χ2v) is 8.80. The van der Waals surface area contributed by atoms with Gasteiger partial charge in [-0.15, -0.1) is 0 Å². The van der Waals surface area contributed by atoms with Crippen molar-refractivity contribution in [2.24, 2.45) is 0 Å². The van der Waals surface area contributed by atoms with E-state index in [1.54, 1.807) is 15.6 Å². The monoisotopic (exact) mass is 488 g/mol. The first-order valence-corrected chi connectivity index (χ1v) is 11.1. The Kier molecular flexibility index (Phi) is 5.27. The molecule has 162 valence electrons. The summed E-state index contributed by atoms with van der Waals surface area (Å²) < 4.78 is 15.9. The molecule has 4 heterocycles. The van der Waals surface area contributed by atoms with E-state index >= 15 is 0 Å². The van der Waals surface area contributed by atoms with Gasteiger partial charge in [-0.2, -0.15) is 5.10 Å². The van der Waals surface area contributed by atoms with Gasteiger partial charge in [0.1, 0.15) is 17.3 Å². The van der Waals surface area contributed by atoms with E-state index in [1.807, 2.05) is 18.3 Å². The predicted molar refractivity (Wildman–Crippen MR) is 118 cm³/mol. The molecule has 10 heteroatoms. The number of amides is 2. The van der Waals surface area contributed by atoms with E-state index in [1.165, 1.54) is 12.1 Å². The molecule has 0 aliphatic carbocycles. The number of carbonyl (C=O) groups is 1. The number of halogens is 2. The van der Waals surface area contributed by atoms with Gasteiger partial charge in [0.15, 0.2) is 5.65 Å². The first kappa shape index (κ1) is 20.2. The van der Waals surface area contributed by atoms with E-state index in [2.05, 4.69) is 31.2 Å². The molecule has 2 amide bonds. The molecule has 2 N–H and O–H groups in total. The van der Waals surface area contributed by atoms with E-state index in [0.717, 1.165) is 35.2 Å². The van der Waals surface area contributed by atoms with Crippen LogP contribution in [0.25, 0.3) is 5.65 Å². The summed E-state index contributed by atoms with van der Waals surface area (Å²) in [4.78, 5) is 21.1. The van der Waals surface area contributed by atoms with Crippen molar-refractivity contribution in [1.82, 2.24) is 19.5 Å². The second-order valence-electron chi connectivity index (χ2n) is 7.95. The van der Waals surface area contributed by atoms with Crippen molar-refractivity contribution in [2.45, 2.75) is 31.4 Å². The van der Waals surface area contributed by atoms with Gasteiger partial charge >= 0.3 is 6.03 Å². The normalized spacial score (nSPS) is 21.3. The van der Waals surface area contributed by atoms with Crippen molar-refractivity contribution >= 4 is 39.1 Å². The van der Waals surface area contributed by atoms with E-state index in [4.69, 9.17) is 4.98 Å². The number of β-amino-alcohol motifs (C(OH)–C–C–N with tert-alkyl or cyclic N) is 1. The van der Waals surface area contributed by atoms with E-state index in [9.17, 15) is 14.3 Å². The number of nitrogens with zero attached hydrogens (tertiary/aromatic N) is 5. The largest absolute Gasteiger partial charge is 0.391 e. The van der Waals surface area contributed by atoms with Gasteiger partial charge in [0.05, 0.1) is 18.3 Å². The van der Waals surface area contributed by atoms with Crippen LogP contribution in [0.5, 0.6) is 0 Å². The fourth-order valence-electron chi connectivity index (χ4n) is 4.36. The topological polar surface area (TPSA) is 86.0 Å². The Labute approximate surface area is 186 Å². The predicted octanol–water partition coefficient (Wildman–Crippen LogP) is 3.57. The summed E-state index contributed by atoms with van der Waals surface area (Å²) in [6, 6.07) is 6.49. The Hall–Kier alpha value is -2.72. The van der Waals surface area contributed by atoms with Crippen LogP contribution in [0.15, 0.2) is 41.1 Å². The number of urea groups is 1. The van der Waals surface area contributed by atoms with Crippen LogP contribution in [0.3, 0.4) is 0 Å². The molecule has 0 bridgehead atoms. The van der Waals surface area contributed by atoms with Crippen LogP contribution in [0.2, 0.25) is 0 Å². The lowest BCUT2D eigenvalue weighted by atomic mass is 10.0. The second kappa shape index (κ2) is 8.08. The molecular formula is C21H22BrFN6O2. The highest BCUT2D eigenvalue weighted by Crippen LogP contribution is 2.38. The lowest BCUT2D eigenvalue weighted by Gasteiger charge is -2.27. The Bertz CT molecular complexity index is 1140. The van der Waals surface area contributed by atoms with Gasteiger partial charge in [0.2, 0.25) is 0 Å². The average molecular weight is 489 g/mol. The SMILES string of the molecule is O=C(Nc1cnn2ccc(N3CCCC3c3ccc(F)cc3Br)nc12)N1CC[C@H](O)C1.